The average Bonchev–Trinajstić information content (AvgIpc) is 3.69. The van der Waals surface area contributed by atoms with Crippen LogP contribution in [0.15, 0.2) is 150 Å². The van der Waals surface area contributed by atoms with Gasteiger partial charge in [-0.3, -0.25) is 4.98 Å². The number of hydrogen-bond acceptors (Lipinski definition) is 5. The Labute approximate surface area is 269 Å². The second kappa shape index (κ2) is 10.0. The fourth-order valence-corrected chi connectivity index (χ4v) is 6.98. The predicted molar refractivity (Wildman–Crippen MR) is 189 cm³/mol. The summed E-state index contributed by atoms with van der Waals surface area (Å²) in [5.74, 6) is 1.75. The van der Waals surface area contributed by atoms with E-state index in [1.807, 2.05) is 54.7 Å². The third-order valence-corrected chi connectivity index (χ3v) is 9.16. The maximum atomic E-state index is 6.13. The van der Waals surface area contributed by atoms with Crippen molar-refractivity contribution < 1.29 is 4.42 Å². The second-order valence-electron chi connectivity index (χ2n) is 11.9. The fourth-order valence-electron chi connectivity index (χ4n) is 6.98. The summed E-state index contributed by atoms with van der Waals surface area (Å²) in [4.78, 5) is 19.5. The molecule has 0 unspecified atom stereocenters. The SMILES string of the molecule is c1ccc(-c2nc(-c3ccc(-c4cc5c6c(cccc6c4)-c4ccccc4-5)cc3)nc(-c3cncc4oc5ccccc5c34)n2)cc1. The van der Waals surface area contributed by atoms with E-state index in [2.05, 4.69) is 89.9 Å². The zero-order valence-corrected chi connectivity index (χ0v) is 25.1. The highest BCUT2D eigenvalue weighted by Gasteiger charge is 2.22. The number of rotatable bonds is 4. The first kappa shape index (κ1) is 25.8. The number of aromatic nitrogens is 4. The molecule has 10 rings (SSSR count). The lowest BCUT2D eigenvalue weighted by Crippen LogP contribution is -2.00. The van der Waals surface area contributed by atoms with Crippen molar-refractivity contribution in [3.05, 3.63) is 146 Å². The molecule has 0 fully saturated rings. The molecular weight excluding hydrogens is 576 g/mol. The molecule has 3 heterocycles. The highest BCUT2D eigenvalue weighted by Crippen LogP contribution is 2.48. The molecule has 3 aromatic heterocycles. The summed E-state index contributed by atoms with van der Waals surface area (Å²) in [6.07, 6.45) is 3.56. The van der Waals surface area contributed by atoms with Crippen LogP contribution in [0.3, 0.4) is 0 Å². The summed E-state index contributed by atoms with van der Waals surface area (Å²) in [5, 5.41) is 4.52. The van der Waals surface area contributed by atoms with E-state index in [1.54, 1.807) is 6.20 Å². The molecule has 1 aliphatic carbocycles. The van der Waals surface area contributed by atoms with Gasteiger partial charge in [-0.15, -0.1) is 0 Å². The summed E-state index contributed by atoms with van der Waals surface area (Å²) in [6, 6.07) is 46.4. The van der Waals surface area contributed by atoms with E-state index >= 15 is 0 Å². The lowest BCUT2D eigenvalue weighted by molar-refractivity contribution is 0.667. The third kappa shape index (κ3) is 4.03. The monoisotopic (exact) mass is 600 g/mol. The number of hydrogen-bond donors (Lipinski definition) is 0. The van der Waals surface area contributed by atoms with Crippen LogP contribution in [0.2, 0.25) is 0 Å². The van der Waals surface area contributed by atoms with Crippen LogP contribution in [0, 0.1) is 0 Å². The molecule has 5 nitrogen and oxygen atoms in total. The van der Waals surface area contributed by atoms with E-state index in [4.69, 9.17) is 19.4 Å². The van der Waals surface area contributed by atoms with Crippen molar-refractivity contribution in [2.45, 2.75) is 0 Å². The van der Waals surface area contributed by atoms with E-state index in [-0.39, 0.29) is 0 Å². The maximum absolute atomic E-state index is 6.13. The minimum absolute atomic E-state index is 0.551. The Morgan fingerprint density at radius 2 is 1.04 bits per heavy atom. The van der Waals surface area contributed by atoms with Crippen molar-refractivity contribution in [3.63, 3.8) is 0 Å². The summed E-state index contributed by atoms with van der Waals surface area (Å²) in [6.45, 7) is 0. The predicted octanol–water partition coefficient (Wildman–Crippen LogP) is 10.6. The Morgan fingerprint density at radius 1 is 0.383 bits per heavy atom. The van der Waals surface area contributed by atoms with Gasteiger partial charge in [-0.25, -0.2) is 15.0 Å². The summed E-state index contributed by atoms with van der Waals surface area (Å²) in [7, 11) is 0. The number of para-hydroxylation sites is 1. The molecule has 218 valence electrons. The zero-order chi connectivity index (χ0) is 30.9. The molecule has 0 N–H and O–H groups in total. The molecule has 47 heavy (non-hydrogen) atoms. The Hall–Kier alpha value is -6.46. The fraction of sp³-hybridized carbons (Fsp3) is 0. The first-order valence-electron chi connectivity index (χ1n) is 15.6. The van der Waals surface area contributed by atoms with Gasteiger partial charge in [0.15, 0.2) is 23.1 Å². The molecule has 0 bridgehead atoms. The van der Waals surface area contributed by atoms with Crippen LogP contribution < -0.4 is 0 Å². The first-order chi connectivity index (χ1) is 23.3. The van der Waals surface area contributed by atoms with E-state index in [0.717, 1.165) is 38.6 Å². The van der Waals surface area contributed by atoms with Crippen LogP contribution >= 0.6 is 0 Å². The van der Waals surface area contributed by atoms with Gasteiger partial charge >= 0.3 is 0 Å². The van der Waals surface area contributed by atoms with Gasteiger partial charge in [0.1, 0.15) is 5.58 Å². The van der Waals surface area contributed by atoms with Crippen LogP contribution in [0.1, 0.15) is 0 Å². The quantitative estimate of drug-likeness (QED) is 0.201. The topological polar surface area (TPSA) is 64.7 Å². The van der Waals surface area contributed by atoms with Crippen LogP contribution in [0.25, 0.3) is 100 Å². The van der Waals surface area contributed by atoms with E-state index in [9.17, 15) is 0 Å². The van der Waals surface area contributed by atoms with Crippen LogP contribution in [-0.2, 0) is 0 Å². The van der Waals surface area contributed by atoms with Gasteiger partial charge < -0.3 is 4.42 Å². The number of furan rings is 1. The molecule has 0 radical (unpaired) electrons. The number of pyridine rings is 1. The van der Waals surface area contributed by atoms with Crippen LogP contribution in [0.5, 0.6) is 0 Å². The van der Waals surface area contributed by atoms with Gasteiger partial charge in [0.2, 0.25) is 0 Å². The number of benzene rings is 6. The van der Waals surface area contributed by atoms with Crippen molar-refractivity contribution in [2.75, 3.05) is 0 Å². The van der Waals surface area contributed by atoms with Crippen molar-refractivity contribution in [1.82, 2.24) is 19.9 Å². The Morgan fingerprint density at radius 3 is 1.87 bits per heavy atom. The molecule has 0 amide bonds. The van der Waals surface area contributed by atoms with Crippen molar-refractivity contribution in [3.8, 4) is 67.5 Å². The van der Waals surface area contributed by atoms with Gasteiger partial charge in [-0.1, -0.05) is 115 Å². The lowest BCUT2D eigenvalue weighted by atomic mass is 9.95. The average molecular weight is 601 g/mol. The molecule has 9 aromatic rings. The standard InChI is InChI=1S/C42H24N4O/c1-2-9-26(10-3-1)40-44-41(46-42(45-40)35-23-43-24-37-39(35)33-14-6-7-16-36(33)47-37)27-19-17-25(18-20-27)29-21-28-11-8-15-32-30-12-4-5-13-31(30)34(22-29)38(28)32/h1-24H. The molecule has 0 saturated heterocycles. The molecule has 6 aromatic carbocycles. The molecule has 1 aliphatic rings. The molecular formula is C42H24N4O. The minimum atomic E-state index is 0.551. The number of fused-ring (bicyclic) bond motifs is 6. The van der Waals surface area contributed by atoms with Crippen molar-refractivity contribution >= 4 is 32.7 Å². The molecule has 0 atom stereocenters. The van der Waals surface area contributed by atoms with Gasteiger partial charge in [0.05, 0.1) is 6.20 Å². The van der Waals surface area contributed by atoms with Gasteiger partial charge in [0.25, 0.3) is 0 Å². The van der Waals surface area contributed by atoms with E-state index < -0.39 is 0 Å². The Balaban J connectivity index is 1.11. The van der Waals surface area contributed by atoms with Gasteiger partial charge in [-0.2, -0.15) is 0 Å². The molecule has 5 heteroatoms. The lowest BCUT2D eigenvalue weighted by Gasteiger charge is -2.11. The maximum Gasteiger partial charge on any atom is 0.166 e. The zero-order valence-electron chi connectivity index (χ0n) is 25.1. The smallest absolute Gasteiger partial charge is 0.166 e. The second-order valence-corrected chi connectivity index (χ2v) is 11.9. The number of nitrogens with zero attached hydrogens (tertiary/aromatic N) is 4. The van der Waals surface area contributed by atoms with Crippen LogP contribution in [0.4, 0.5) is 0 Å². The van der Waals surface area contributed by atoms with E-state index in [0.29, 0.717) is 23.1 Å². The molecule has 0 saturated carbocycles. The largest absolute Gasteiger partial charge is 0.454 e. The summed E-state index contributed by atoms with van der Waals surface area (Å²) in [5.41, 5.74) is 11.6. The molecule has 0 aliphatic heterocycles. The summed E-state index contributed by atoms with van der Waals surface area (Å²) >= 11 is 0. The van der Waals surface area contributed by atoms with Crippen molar-refractivity contribution in [1.29, 1.82) is 0 Å². The Kier molecular flexibility index (Phi) is 5.51. The highest BCUT2D eigenvalue weighted by atomic mass is 16.3. The van der Waals surface area contributed by atoms with Crippen molar-refractivity contribution in [2.24, 2.45) is 0 Å². The normalized spacial score (nSPS) is 11.8. The summed E-state index contributed by atoms with van der Waals surface area (Å²) < 4.78 is 6.13. The van der Waals surface area contributed by atoms with Crippen LogP contribution in [-0.4, -0.2) is 19.9 Å². The molecule has 0 spiro atoms. The Bertz CT molecular complexity index is 2680. The van der Waals surface area contributed by atoms with Gasteiger partial charge in [0, 0.05) is 33.7 Å². The first-order valence-corrected chi connectivity index (χ1v) is 15.6. The highest BCUT2D eigenvalue weighted by molar-refractivity contribution is 6.16. The third-order valence-electron chi connectivity index (χ3n) is 9.16. The van der Waals surface area contributed by atoms with E-state index in [1.165, 1.54) is 38.6 Å². The minimum Gasteiger partial charge on any atom is -0.454 e. The van der Waals surface area contributed by atoms with Gasteiger partial charge in [-0.05, 0) is 62.4 Å².